The fourth-order valence-corrected chi connectivity index (χ4v) is 1.96. The highest BCUT2D eigenvalue weighted by Gasteiger charge is 2.19. The molecule has 0 aliphatic heterocycles. The van der Waals surface area contributed by atoms with Gasteiger partial charge in [0, 0.05) is 23.6 Å². The average molecular weight is 260 g/mol. The van der Waals surface area contributed by atoms with Gasteiger partial charge in [-0.05, 0) is 51.7 Å². The molecule has 2 heteroatoms. The highest BCUT2D eigenvalue weighted by Crippen LogP contribution is 2.21. The summed E-state index contributed by atoms with van der Waals surface area (Å²) in [7, 11) is 0. The molecular weight excluding hydrogens is 232 g/mol. The van der Waals surface area contributed by atoms with Crippen LogP contribution in [0.2, 0.25) is 0 Å². The number of benzene rings is 1. The fourth-order valence-electron chi connectivity index (χ4n) is 1.96. The molecule has 106 valence electrons. The van der Waals surface area contributed by atoms with Gasteiger partial charge in [0.25, 0.3) is 0 Å². The summed E-state index contributed by atoms with van der Waals surface area (Å²) in [5.41, 5.74) is 5.18. The normalized spacial score (nSPS) is 12.2. The van der Waals surface area contributed by atoms with E-state index < -0.39 is 0 Å². The van der Waals surface area contributed by atoms with Gasteiger partial charge in [-0.1, -0.05) is 31.5 Å². The zero-order valence-corrected chi connectivity index (χ0v) is 13.4. The molecule has 0 aromatic heterocycles. The zero-order valence-electron chi connectivity index (χ0n) is 13.4. The van der Waals surface area contributed by atoms with Crippen molar-refractivity contribution in [3.05, 3.63) is 41.2 Å². The van der Waals surface area contributed by atoms with Crippen molar-refractivity contribution in [3.63, 3.8) is 0 Å². The molecule has 0 aliphatic rings. The Balaban J connectivity index is 2.68. The van der Waals surface area contributed by atoms with E-state index in [2.05, 4.69) is 71.2 Å². The van der Waals surface area contributed by atoms with Crippen molar-refractivity contribution >= 4 is 5.69 Å². The summed E-state index contributed by atoms with van der Waals surface area (Å²) in [6.07, 6.45) is 3.98. The highest BCUT2D eigenvalue weighted by molar-refractivity contribution is 5.59. The topological polar surface area (TPSA) is 24.1 Å². The van der Waals surface area contributed by atoms with Crippen LogP contribution in [0, 0.1) is 26.7 Å². The third kappa shape index (κ3) is 4.30. The Morgan fingerprint density at radius 2 is 1.53 bits per heavy atom. The number of hydrogen-bond acceptors (Lipinski definition) is 2. The molecule has 2 N–H and O–H groups in total. The van der Waals surface area contributed by atoms with E-state index >= 15 is 0 Å². The van der Waals surface area contributed by atoms with Crippen molar-refractivity contribution in [1.29, 1.82) is 0 Å². The van der Waals surface area contributed by atoms with Gasteiger partial charge in [-0.2, -0.15) is 0 Å². The van der Waals surface area contributed by atoms with Crippen LogP contribution in [0.4, 0.5) is 5.69 Å². The van der Waals surface area contributed by atoms with Crippen LogP contribution in [0.25, 0.3) is 0 Å². The standard InChI is InChI=1S/C17H28N2/c1-12(2)17(6,7)19-9-8-18-16-14(4)10-13(3)11-15(16)5/h8-12,18-19H,1-7H3/b9-8-. The Morgan fingerprint density at radius 3 is 2.00 bits per heavy atom. The van der Waals surface area contributed by atoms with Crippen molar-refractivity contribution in [2.24, 2.45) is 5.92 Å². The molecule has 0 fully saturated rings. The minimum atomic E-state index is 0.107. The second-order valence-corrected chi connectivity index (χ2v) is 6.27. The van der Waals surface area contributed by atoms with Gasteiger partial charge in [0.2, 0.25) is 0 Å². The van der Waals surface area contributed by atoms with E-state index in [1.54, 1.807) is 0 Å². The number of aryl methyl sites for hydroxylation is 3. The van der Waals surface area contributed by atoms with Crippen LogP contribution >= 0.6 is 0 Å². The highest BCUT2D eigenvalue weighted by atomic mass is 15.0. The van der Waals surface area contributed by atoms with Crippen molar-refractivity contribution in [3.8, 4) is 0 Å². The molecule has 0 heterocycles. The maximum Gasteiger partial charge on any atom is 0.0439 e. The van der Waals surface area contributed by atoms with Crippen molar-refractivity contribution in [2.45, 2.75) is 54.0 Å². The average Bonchev–Trinajstić information content (AvgIpc) is 2.26. The first kappa shape index (κ1) is 15.6. The van der Waals surface area contributed by atoms with Crippen LogP contribution < -0.4 is 10.6 Å². The first-order valence-electron chi connectivity index (χ1n) is 7.01. The largest absolute Gasteiger partial charge is 0.385 e. The molecule has 0 bridgehead atoms. The lowest BCUT2D eigenvalue weighted by atomic mass is 9.91. The SMILES string of the molecule is Cc1cc(C)c(N/C=C\NC(C)(C)C(C)C)c(C)c1. The molecule has 0 aliphatic carbocycles. The monoisotopic (exact) mass is 260 g/mol. The Labute approximate surface area is 118 Å². The van der Waals surface area contributed by atoms with Gasteiger partial charge >= 0.3 is 0 Å². The molecule has 0 spiro atoms. The van der Waals surface area contributed by atoms with Crippen molar-refractivity contribution in [1.82, 2.24) is 5.32 Å². The van der Waals surface area contributed by atoms with Gasteiger partial charge in [-0.3, -0.25) is 0 Å². The minimum absolute atomic E-state index is 0.107. The lowest BCUT2D eigenvalue weighted by molar-refractivity contribution is 0.322. The van der Waals surface area contributed by atoms with Crippen LogP contribution in [0.5, 0.6) is 0 Å². The number of nitrogens with one attached hydrogen (secondary N) is 2. The molecule has 1 rings (SSSR count). The molecule has 0 atom stereocenters. The molecule has 0 saturated heterocycles. The van der Waals surface area contributed by atoms with Gasteiger partial charge in [-0.25, -0.2) is 0 Å². The van der Waals surface area contributed by atoms with E-state index in [1.165, 1.54) is 22.4 Å². The summed E-state index contributed by atoms with van der Waals surface area (Å²) in [5, 5.41) is 6.81. The molecule has 0 unspecified atom stereocenters. The summed E-state index contributed by atoms with van der Waals surface area (Å²) in [6.45, 7) is 15.3. The quantitative estimate of drug-likeness (QED) is 0.813. The summed E-state index contributed by atoms with van der Waals surface area (Å²) in [4.78, 5) is 0. The molecule has 2 nitrogen and oxygen atoms in total. The third-order valence-corrected chi connectivity index (χ3v) is 3.89. The second kappa shape index (κ2) is 6.14. The molecule has 0 amide bonds. The molecule has 19 heavy (non-hydrogen) atoms. The Morgan fingerprint density at radius 1 is 1.00 bits per heavy atom. The van der Waals surface area contributed by atoms with E-state index in [0.29, 0.717) is 5.92 Å². The van der Waals surface area contributed by atoms with Crippen LogP contribution in [-0.4, -0.2) is 5.54 Å². The van der Waals surface area contributed by atoms with Gasteiger partial charge < -0.3 is 10.6 Å². The lowest BCUT2D eigenvalue weighted by Gasteiger charge is -2.29. The van der Waals surface area contributed by atoms with Crippen LogP contribution in [0.3, 0.4) is 0 Å². The van der Waals surface area contributed by atoms with E-state index in [1.807, 2.05) is 12.4 Å². The zero-order chi connectivity index (χ0) is 14.6. The molecular formula is C17H28N2. The molecule has 0 radical (unpaired) electrons. The number of anilines is 1. The van der Waals surface area contributed by atoms with Crippen LogP contribution in [-0.2, 0) is 0 Å². The van der Waals surface area contributed by atoms with Crippen molar-refractivity contribution in [2.75, 3.05) is 5.32 Å². The van der Waals surface area contributed by atoms with Gasteiger partial charge in [-0.15, -0.1) is 0 Å². The maximum atomic E-state index is 3.44. The fraction of sp³-hybridized carbons (Fsp3) is 0.529. The summed E-state index contributed by atoms with van der Waals surface area (Å²) in [5.74, 6) is 0.583. The number of hydrogen-bond donors (Lipinski definition) is 2. The Bertz CT molecular complexity index is 433. The molecule has 0 saturated carbocycles. The third-order valence-electron chi connectivity index (χ3n) is 3.89. The van der Waals surface area contributed by atoms with Gasteiger partial charge in [0.1, 0.15) is 0 Å². The van der Waals surface area contributed by atoms with Crippen LogP contribution in [0.1, 0.15) is 44.4 Å². The van der Waals surface area contributed by atoms with E-state index in [4.69, 9.17) is 0 Å². The van der Waals surface area contributed by atoms with Crippen LogP contribution in [0.15, 0.2) is 24.5 Å². The van der Waals surface area contributed by atoms with Gasteiger partial charge in [0.15, 0.2) is 0 Å². The smallest absolute Gasteiger partial charge is 0.0439 e. The summed E-state index contributed by atoms with van der Waals surface area (Å²) >= 11 is 0. The Kier molecular flexibility index (Phi) is 5.04. The first-order chi connectivity index (χ1) is 8.74. The van der Waals surface area contributed by atoms with Crippen molar-refractivity contribution < 1.29 is 0 Å². The first-order valence-corrected chi connectivity index (χ1v) is 7.01. The van der Waals surface area contributed by atoms with Gasteiger partial charge in [0.05, 0.1) is 0 Å². The summed E-state index contributed by atoms with van der Waals surface area (Å²) < 4.78 is 0. The van der Waals surface area contributed by atoms with E-state index in [0.717, 1.165) is 0 Å². The summed E-state index contributed by atoms with van der Waals surface area (Å²) in [6, 6.07) is 4.41. The minimum Gasteiger partial charge on any atom is -0.385 e. The predicted octanol–water partition coefficient (Wildman–Crippen LogP) is 4.52. The predicted molar refractivity (Wildman–Crippen MR) is 85.5 cm³/mol. The van der Waals surface area contributed by atoms with E-state index in [9.17, 15) is 0 Å². The lowest BCUT2D eigenvalue weighted by Crippen LogP contribution is -2.40. The maximum absolute atomic E-state index is 3.44. The van der Waals surface area contributed by atoms with E-state index in [-0.39, 0.29) is 5.54 Å². The molecule has 1 aromatic rings. The second-order valence-electron chi connectivity index (χ2n) is 6.27. The molecule has 1 aromatic carbocycles. The number of rotatable bonds is 5. The Hall–Kier alpha value is -1.44.